The van der Waals surface area contributed by atoms with E-state index in [1.54, 1.807) is 17.9 Å². The quantitative estimate of drug-likeness (QED) is 0.251. The molecular formula is C30H39BrN2O6. The Morgan fingerprint density at radius 3 is 2.64 bits per heavy atom. The van der Waals surface area contributed by atoms with Crippen LogP contribution in [0.5, 0.6) is 0 Å². The van der Waals surface area contributed by atoms with E-state index < -0.39 is 41.6 Å². The maximum Gasteiger partial charge on any atom is 0.312 e. The van der Waals surface area contributed by atoms with Crippen molar-refractivity contribution in [3.05, 3.63) is 48.6 Å². The number of carbonyl (C=O) groups is 3. The zero-order valence-corrected chi connectivity index (χ0v) is 24.1. The standard InChI is InChI=1S/C30H39BrN2O6/c1-3-15-32(20-13-9-6-10-14-20)28(36)26-30-17-22(31)25(39-30)23(29(37)38-4-2)24(30)27(35)33(26)21(18-34)16-19-11-7-5-8-12-19/h3,5,7-8,11-12,20-26,34H,1,4,6,9-10,13-18H2,2H3/t21-,22?,23+,24+,25+,26?,30?/m1/s1. The summed E-state index contributed by atoms with van der Waals surface area (Å²) in [6.07, 6.45) is 7.03. The van der Waals surface area contributed by atoms with Gasteiger partial charge in [-0.3, -0.25) is 14.4 Å². The van der Waals surface area contributed by atoms with Crippen LogP contribution in [0.1, 0.15) is 51.0 Å². The van der Waals surface area contributed by atoms with Gasteiger partial charge in [0.15, 0.2) is 0 Å². The van der Waals surface area contributed by atoms with Crippen LogP contribution in [0, 0.1) is 11.8 Å². The maximum atomic E-state index is 14.7. The van der Waals surface area contributed by atoms with Gasteiger partial charge in [-0.15, -0.1) is 6.58 Å². The SMILES string of the molecule is C=CCN(C(=O)C1N([C@@H](CO)Cc2ccccc2)C(=O)[C@@H]2[C@H](C(=O)OCC)[C@H]3OC12CC3Br)C1CCCCC1. The van der Waals surface area contributed by atoms with E-state index in [4.69, 9.17) is 9.47 Å². The predicted molar refractivity (Wildman–Crippen MR) is 149 cm³/mol. The van der Waals surface area contributed by atoms with Gasteiger partial charge < -0.3 is 24.4 Å². The normalized spacial score (nSPS) is 32.6. The summed E-state index contributed by atoms with van der Waals surface area (Å²) in [6.45, 7) is 5.89. The van der Waals surface area contributed by atoms with Crippen molar-refractivity contribution in [2.45, 2.75) is 86.5 Å². The van der Waals surface area contributed by atoms with Crippen LogP contribution < -0.4 is 0 Å². The molecule has 39 heavy (non-hydrogen) atoms. The Bertz CT molecular complexity index is 1080. The van der Waals surface area contributed by atoms with Crippen molar-refractivity contribution in [3.63, 3.8) is 0 Å². The first-order valence-electron chi connectivity index (χ1n) is 14.2. The minimum atomic E-state index is -1.18. The number of ether oxygens (including phenoxy) is 2. The molecular weight excluding hydrogens is 564 g/mol. The summed E-state index contributed by atoms with van der Waals surface area (Å²) in [6, 6.07) is 8.09. The van der Waals surface area contributed by atoms with E-state index in [1.807, 2.05) is 35.2 Å². The van der Waals surface area contributed by atoms with E-state index in [0.717, 1.165) is 37.7 Å². The number of aliphatic hydroxyl groups excluding tert-OH is 1. The smallest absolute Gasteiger partial charge is 0.312 e. The number of rotatable bonds is 10. The fourth-order valence-corrected chi connectivity index (χ4v) is 8.44. The summed E-state index contributed by atoms with van der Waals surface area (Å²) >= 11 is 3.70. The highest BCUT2D eigenvalue weighted by atomic mass is 79.9. The lowest BCUT2D eigenvalue weighted by atomic mass is 9.70. The molecule has 2 amide bonds. The Morgan fingerprint density at radius 2 is 2.00 bits per heavy atom. The van der Waals surface area contributed by atoms with Crippen LogP contribution in [0.2, 0.25) is 0 Å². The van der Waals surface area contributed by atoms with Gasteiger partial charge in [0, 0.05) is 17.4 Å². The molecule has 8 nitrogen and oxygen atoms in total. The van der Waals surface area contributed by atoms with Crippen LogP contribution in [0.25, 0.3) is 0 Å². The van der Waals surface area contributed by atoms with E-state index in [-0.39, 0.29) is 35.9 Å². The molecule has 3 saturated heterocycles. The molecule has 4 fully saturated rings. The number of alkyl halides is 1. The Balaban J connectivity index is 1.58. The monoisotopic (exact) mass is 602 g/mol. The van der Waals surface area contributed by atoms with Gasteiger partial charge in [0.2, 0.25) is 11.8 Å². The van der Waals surface area contributed by atoms with E-state index in [1.165, 1.54) is 0 Å². The van der Waals surface area contributed by atoms with Gasteiger partial charge in [-0.25, -0.2) is 0 Å². The lowest BCUT2D eigenvalue weighted by Crippen LogP contribution is -2.60. The van der Waals surface area contributed by atoms with Gasteiger partial charge >= 0.3 is 5.97 Å². The summed E-state index contributed by atoms with van der Waals surface area (Å²) in [4.78, 5) is 45.5. The second kappa shape index (κ2) is 11.7. The summed E-state index contributed by atoms with van der Waals surface area (Å²) in [5.74, 6) is -2.63. The average Bonchev–Trinajstić information content (AvgIpc) is 3.54. The van der Waals surface area contributed by atoms with E-state index in [2.05, 4.69) is 22.5 Å². The minimum Gasteiger partial charge on any atom is -0.466 e. The molecule has 212 valence electrons. The Morgan fingerprint density at radius 1 is 1.28 bits per heavy atom. The largest absolute Gasteiger partial charge is 0.466 e. The van der Waals surface area contributed by atoms with Gasteiger partial charge in [0.05, 0.1) is 37.2 Å². The molecule has 1 aromatic rings. The van der Waals surface area contributed by atoms with Crippen molar-refractivity contribution in [2.75, 3.05) is 19.8 Å². The molecule has 0 aromatic heterocycles. The third-order valence-electron chi connectivity index (χ3n) is 9.06. The highest BCUT2D eigenvalue weighted by Crippen LogP contribution is 2.61. The average molecular weight is 604 g/mol. The minimum absolute atomic E-state index is 0.0533. The third-order valence-corrected chi connectivity index (χ3v) is 9.91. The molecule has 3 unspecified atom stereocenters. The number of carbonyl (C=O) groups excluding carboxylic acids is 3. The first kappa shape index (κ1) is 28.3. The van der Waals surface area contributed by atoms with Crippen molar-refractivity contribution in [2.24, 2.45) is 11.8 Å². The molecule has 0 radical (unpaired) electrons. The molecule has 1 aromatic carbocycles. The number of hydrogen-bond donors (Lipinski definition) is 1. The van der Waals surface area contributed by atoms with Crippen LogP contribution in [0.3, 0.4) is 0 Å². The molecule has 5 rings (SSSR count). The van der Waals surface area contributed by atoms with Crippen LogP contribution in [0.4, 0.5) is 0 Å². The lowest BCUT2D eigenvalue weighted by Gasteiger charge is -2.42. The van der Waals surface area contributed by atoms with Crippen LogP contribution in [-0.2, 0) is 30.3 Å². The first-order chi connectivity index (χ1) is 18.9. The number of fused-ring (bicyclic) bond motifs is 1. The fraction of sp³-hybridized carbons (Fsp3) is 0.633. The maximum absolute atomic E-state index is 14.7. The van der Waals surface area contributed by atoms with Crippen molar-refractivity contribution in [1.82, 2.24) is 9.80 Å². The van der Waals surface area contributed by atoms with Gasteiger partial charge in [-0.2, -0.15) is 0 Å². The second-order valence-electron chi connectivity index (χ2n) is 11.3. The summed E-state index contributed by atoms with van der Waals surface area (Å²) in [7, 11) is 0. The zero-order valence-electron chi connectivity index (χ0n) is 22.5. The van der Waals surface area contributed by atoms with E-state index in [9.17, 15) is 19.5 Å². The molecule has 1 N–H and O–H groups in total. The number of esters is 1. The Labute approximate surface area is 238 Å². The molecule has 1 aliphatic carbocycles. The molecule has 1 spiro atoms. The molecule has 7 atom stereocenters. The molecule has 3 aliphatic heterocycles. The third kappa shape index (κ3) is 4.84. The topological polar surface area (TPSA) is 96.4 Å². The Hall–Kier alpha value is -2.23. The van der Waals surface area contributed by atoms with Crippen LogP contribution in [-0.4, -0.2) is 87.1 Å². The molecule has 2 bridgehead atoms. The highest BCUT2D eigenvalue weighted by Gasteiger charge is 2.77. The van der Waals surface area contributed by atoms with Crippen LogP contribution >= 0.6 is 15.9 Å². The van der Waals surface area contributed by atoms with Crippen LogP contribution in [0.15, 0.2) is 43.0 Å². The fourth-order valence-electron chi connectivity index (χ4n) is 7.49. The number of aliphatic hydroxyl groups is 1. The number of benzene rings is 1. The number of amides is 2. The summed E-state index contributed by atoms with van der Waals surface area (Å²) in [5, 5.41) is 10.6. The van der Waals surface area contributed by atoms with Gasteiger partial charge in [-0.05, 0) is 38.2 Å². The molecule has 1 saturated carbocycles. The highest BCUT2D eigenvalue weighted by molar-refractivity contribution is 9.09. The van der Waals surface area contributed by atoms with Crippen molar-refractivity contribution in [1.29, 1.82) is 0 Å². The molecule has 9 heteroatoms. The number of hydrogen-bond acceptors (Lipinski definition) is 6. The number of halogens is 1. The van der Waals surface area contributed by atoms with Gasteiger partial charge in [0.25, 0.3) is 0 Å². The zero-order chi connectivity index (χ0) is 27.7. The number of likely N-dealkylation sites (tertiary alicyclic amines) is 1. The van der Waals surface area contributed by atoms with E-state index >= 15 is 0 Å². The summed E-state index contributed by atoms with van der Waals surface area (Å²) in [5.41, 5.74) is -0.228. The Kier molecular flexibility index (Phi) is 8.50. The van der Waals surface area contributed by atoms with Gasteiger partial charge in [-0.1, -0.05) is 71.6 Å². The molecule has 3 heterocycles. The van der Waals surface area contributed by atoms with Gasteiger partial charge in [0.1, 0.15) is 11.6 Å². The predicted octanol–water partition coefficient (Wildman–Crippen LogP) is 3.25. The number of nitrogens with zero attached hydrogens (tertiary/aromatic N) is 2. The van der Waals surface area contributed by atoms with Crippen molar-refractivity contribution in [3.8, 4) is 0 Å². The lowest BCUT2D eigenvalue weighted by molar-refractivity contribution is -0.156. The first-order valence-corrected chi connectivity index (χ1v) is 15.2. The van der Waals surface area contributed by atoms with Crippen molar-refractivity contribution < 1.29 is 29.0 Å². The second-order valence-corrected chi connectivity index (χ2v) is 12.4. The summed E-state index contributed by atoms with van der Waals surface area (Å²) < 4.78 is 12.0. The molecule has 4 aliphatic rings. The van der Waals surface area contributed by atoms with Crippen molar-refractivity contribution >= 4 is 33.7 Å². The van der Waals surface area contributed by atoms with E-state index in [0.29, 0.717) is 19.4 Å².